The molecule has 0 aromatic heterocycles. The predicted molar refractivity (Wildman–Crippen MR) is 89.6 cm³/mol. The van der Waals surface area contributed by atoms with Crippen LogP contribution in [0.1, 0.15) is 23.2 Å². The zero-order chi connectivity index (χ0) is 16.6. The van der Waals surface area contributed by atoms with Gasteiger partial charge < -0.3 is 14.7 Å². The molecule has 0 bridgehead atoms. The maximum Gasteiger partial charge on any atom is 0.254 e. The fourth-order valence-electron chi connectivity index (χ4n) is 3.57. The van der Waals surface area contributed by atoms with E-state index in [2.05, 4.69) is 4.90 Å². The third-order valence-electron chi connectivity index (χ3n) is 4.74. The number of carbonyl (C=O) groups is 2. The Bertz CT molecular complexity index is 620. The summed E-state index contributed by atoms with van der Waals surface area (Å²) in [4.78, 5) is 30.9. The van der Waals surface area contributed by atoms with Crippen molar-refractivity contribution in [3.8, 4) is 0 Å². The van der Waals surface area contributed by atoms with Crippen LogP contribution in [0, 0.1) is 0 Å². The summed E-state index contributed by atoms with van der Waals surface area (Å²) in [6, 6.07) is 7.17. The first-order chi connectivity index (χ1) is 11.0. The van der Waals surface area contributed by atoms with Gasteiger partial charge in [0.2, 0.25) is 5.91 Å². The number of hydrogen-bond donors (Lipinski definition) is 0. The molecule has 2 heterocycles. The van der Waals surface area contributed by atoms with E-state index in [1.165, 1.54) is 0 Å². The number of carbonyl (C=O) groups excluding carboxylic acids is 2. The lowest BCUT2D eigenvalue weighted by Gasteiger charge is -2.26. The van der Waals surface area contributed by atoms with Crippen LogP contribution in [-0.4, -0.2) is 72.3 Å². The van der Waals surface area contributed by atoms with E-state index < -0.39 is 0 Å². The Morgan fingerprint density at radius 1 is 1.35 bits per heavy atom. The Hall–Kier alpha value is -1.59. The summed E-state index contributed by atoms with van der Waals surface area (Å²) < 4.78 is 0. The average molecular weight is 336 g/mol. The third kappa shape index (κ3) is 3.21. The van der Waals surface area contributed by atoms with Gasteiger partial charge in [0, 0.05) is 36.6 Å². The minimum Gasteiger partial charge on any atom is -0.336 e. The lowest BCUT2D eigenvalue weighted by molar-refractivity contribution is -0.129. The molecule has 0 aliphatic carbocycles. The molecule has 0 N–H and O–H groups in total. The van der Waals surface area contributed by atoms with Crippen LogP contribution in [0.4, 0.5) is 0 Å². The van der Waals surface area contributed by atoms with Crippen molar-refractivity contribution in [2.24, 2.45) is 0 Å². The molecule has 1 aromatic carbocycles. The number of likely N-dealkylation sites (tertiary alicyclic amines) is 2. The molecular weight excluding hydrogens is 314 g/mol. The molecule has 2 aliphatic rings. The largest absolute Gasteiger partial charge is 0.336 e. The van der Waals surface area contributed by atoms with Crippen LogP contribution < -0.4 is 0 Å². The number of benzene rings is 1. The first-order valence-electron chi connectivity index (χ1n) is 7.98. The summed E-state index contributed by atoms with van der Waals surface area (Å²) in [6.45, 7) is 2.27. The van der Waals surface area contributed by atoms with Gasteiger partial charge in [0.15, 0.2) is 0 Å². The van der Waals surface area contributed by atoms with Gasteiger partial charge in [-0.3, -0.25) is 9.59 Å². The lowest BCUT2D eigenvalue weighted by Crippen LogP contribution is -2.41. The maximum absolute atomic E-state index is 12.8. The fourth-order valence-corrected chi connectivity index (χ4v) is 3.76. The molecule has 2 fully saturated rings. The van der Waals surface area contributed by atoms with Crippen LogP contribution in [0.15, 0.2) is 24.3 Å². The SMILES string of the molecule is CN(C)CCN1C(=O)C[C@@H]2[C@@H]1CCN2C(=O)c1cccc(Cl)c1. The molecule has 6 heteroatoms. The Morgan fingerprint density at radius 3 is 2.83 bits per heavy atom. The number of amides is 2. The molecule has 1 aromatic rings. The Morgan fingerprint density at radius 2 is 2.13 bits per heavy atom. The molecule has 0 spiro atoms. The summed E-state index contributed by atoms with van der Waals surface area (Å²) in [6.07, 6.45) is 1.29. The van der Waals surface area contributed by atoms with Gasteiger partial charge >= 0.3 is 0 Å². The predicted octanol–water partition coefficient (Wildman–Crippen LogP) is 1.72. The Kier molecular flexibility index (Phi) is 4.60. The fraction of sp³-hybridized carbons (Fsp3) is 0.529. The minimum atomic E-state index is -0.0257. The highest BCUT2D eigenvalue weighted by atomic mass is 35.5. The molecule has 3 rings (SSSR count). The van der Waals surface area contributed by atoms with Gasteiger partial charge in [0.1, 0.15) is 0 Å². The van der Waals surface area contributed by atoms with Crippen LogP contribution in [0.2, 0.25) is 5.02 Å². The third-order valence-corrected chi connectivity index (χ3v) is 4.97. The molecule has 0 unspecified atom stereocenters. The van der Waals surface area contributed by atoms with Crippen molar-refractivity contribution in [2.45, 2.75) is 24.9 Å². The zero-order valence-corrected chi connectivity index (χ0v) is 14.3. The summed E-state index contributed by atoms with van der Waals surface area (Å²) in [5.41, 5.74) is 0.595. The second-order valence-corrected chi connectivity index (χ2v) is 6.96. The first-order valence-corrected chi connectivity index (χ1v) is 8.36. The molecule has 0 saturated carbocycles. The molecular formula is C17H22ClN3O2. The molecule has 124 valence electrons. The van der Waals surface area contributed by atoms with E-state index in [4.69, 9.17) is 11.6 Å². The summed E-state index contributed by atoms with van der Waals surface area (Å²) >= 11 is 5.99. The molecule has 2 saturated heterocycles. The monoisotopic (exact) mass is 335 g/mol. The highest BCUT2D eigenvalue weighted by Gasteiger charge is 2.48. The molecule has 23 heavy (non-hydrogen) atoms. The van der Waals surface area contributed by atoms with Gasteiger partial charge in [-0.15, -0.1) is 0 Å². The molecule has 2 aliphatic heterocycles. The number of rotatable bonds is 4. The number of halogens is 1. The van der Waals surface area contributed by atoms with Crippen LogP contribution >= 0.6 is 11.6 Å². The van der Waals surface area contributed by atoms with Crippen LogP contribution in [-0.2, 0) is 4.79 Å². The van der Waals surface area contributed by atoms with Gasteiger partial charge in [0.25, 0.3) is 5.91 Å². The van der Waals surface area contributed by atoms with Crippen LogP contribution in [0.5, 0.6) is 0 Å². The summed E-state index contributed by atoms with van der Waals surface area (Å²) in [5, 5.41) is 0.557. The van der Waals surface area contributed by atoms with E-state index in [9.17, 15) is 9.59 Å². The van der Waals surface area contributed by atoms with E-state index in [0.29, 0.717) is 23.6 Å². The van der Waals surface area contributed by atoms with Crippen LogP contribution in [0.25, 0.3) is 0 Å². The number of nitrogens with zero attached hydrogens (tertiary/aromatic N) is 3. The van der Waals surface area contributed by atoms with Crippen molar-refractivity contribution in [2.75, 3.05) is 33.7 Å². The molecule has 2 atom stereocenters. The normalized spacial score (nSPS) is 23.7. The van der Waals surface area contributed by atoms with Crippen LogP contribution in [0.3, 0.4) is 0 Å². The quantitative estimate of drug-likeness (QED) is 0.841. The minimum absolute atomic E-state index is 0.00357. The van der Waals surface area contributed by atoms with Gasteiger partial charge in [-0.1, -0.05) is 17.7 Å². The molecule has 5 nitrogen and oxygen atoms in total. The van der Waals surface area contributed by atoms with Gasteiger partial charge in [-0.25, -0.2) is 0 Å². The number of hydrogen-bond acceptors (Lipinski definition) is 3. The second-order valence-electron chi connectivity index (χ2n) is 6.53. The summed E-state index contributed by atoms with van der Waals surface area (Å²) in [7, 11) is 4.00. The van der Waals surface area contributed by atoms with Crippen molar-refractivity contribution in [3.05, 3.63) is 34.9 Å². The van der Waals surface area contributed by atoms with Gasteiger partial charge in [-0.2, -0.15) is 0 Å². The number of fused-ring (bicyclic) bond motifs is 1. The smallest absolute Gasteiger partial charge is 0.254 e. The first kappa shape index (κ1) is 16.3. The number of likely N-dealkylation sites (N-methyl/N-ethyl adjacent to an activating group) is 1. The van der Waals surface area contributed by atoms with Crippen molar-refractivity contribution in [1.29, 1.82) is 0 Å². The molecule has 0 radical (unpaired) electrons. The standard InChI is InChI=1S/C17H22ClN3O2/c1-19(2)8-9-20-14-6-7-21(15(14)11-16(20)22)17(23)12-4-3-5-13(18)10-12/h3-5,10,14-15H,6-9,11H2,1-2H3/t14-,15+/m0/s1. The highest BCUT2D eigenvalue weighted by Crippen LogP contribution is 2.33. The molecule has 2 amide bonds. The van der Waals surface area contributed by atoms with Crippen molar-refractivity contribution in [3.63, 3.8) is 0 Å². The zero-order valence-electron chi connectivity index (χ0n) is 13.5. The van der Waals surface area contributed by atoms with Gasteiger partial charge in [-0.05, 0) is 38.7 Å². The van der Waals surface area contributed by atoms with E-state index in [-0.39, 0.29) is 23.9 Å². The average Bonchev–Trinajstić information content (AvgIpc) is 3.02. The lowest BCUT2D eigenvalue weighted by atomic mass is 10.1. The topological polar surface area (TPSA) is 43.9 Å². The van der Waals surface area contributed by atoms with E-state index >= 15 is 0 Å². The Balaban J connectivity index is 1.73. The van der Waals surface area contributed by atoms with E-state index in [1.54, 1.807) is 24.3 Å². The maximum atomic E-state index is 12.8. The van der Waals surface area contributed by atoms with Crippen molar-refractivity contribution >= 4 is 23.4 Å². The van der Waals surface area contributed by atoms with Gasteiger partial charge in [0.05, 0.1) is 12.1 Å². The van der Waals surface area contributed by atoms with Crippen molar-refractivity contribution in [1.82, 2.24) is 14.7 Å². The second kappa shape index (κ2) is 6.49. The highest BCUT2D eigenvalue weighted by molar-refractivity contribution is 6.30. The van der Waals surface area contributed by atoms with E-state index in [0.717, 1.165) is 19.5 Å². The van der Waals surface area contributed by atoms with Crippen molar-refractivity contribution < 1.29 is 9.59 Å². The summed E-state index contributed by atoms with van der Waals surface area (Å²) in [5.74, 6) is 0.132. The Labute approximate surface area is 141 Å². The van der Waals surface area contributed by atoms with E-state index in [1.807, 2.05) is 23.9 Å².